The van der Waals surface area contributed by atoms with Crippen molar-refractivity contribution in [1.29, 1.82) is 5.26 Å². The van der Waals surface area contributed by atoms with E-state index in [0.29, 0.717) is 25.2 Å². The average Bonchev–Trinajstić information content (AvgIpc) is 3.07. The molecule has 1 aliphatic heterocycles. The first kappa shape index (κ1) is 20.8. The molecule has 4 rings (SSSR count). The molecule has 2 heterocycles. The lowest BCUT2D eigenvalue weighted by atomic mass is 10.0. The van der Waals surface area contributed by atoms with Crippen LogP contribution in [0.25, 0.3) is 22.2 Å². The van der Waals surface area contributed by atoms with Crippen molar-refractivity contribution in [3.8, 4) is 17.2 Å². The Kier molecular flexibility index (Phi) is 6.16. The van der Waals surface area contributed by atoms with Crippen molar-refractivity contribution in [2.75, 3.05) is 19.8 Å². The fourth-order valence-electron chi connectivity index (χ4n) is 3.73. The number of aromatic nitrogens is 1. The normalized spacial score (nSPS) is 17.2. The molecule has 0 radical (unpaired) electrons. The number of ether oxygens (including phenoxy) is 1. The third kappa shape index (κ3) is 4.85. The van der Waals surface area contributed by atoms with E-state index in [9.17, 15) is 14.9 Å². The molecule has 8 heteroatoms. The predicted octanol–water partition coefficient (Wildman–Crippen LogP) is 1.73. The van der Waals surface area contributed by atoms with Crippen LogP contribution in [0.3, 0.4) is 0 Å². The van der Waals surface area contributed by atoms with Crippen LogP contribution in [0, 0.1) is 11.3 Å². The maximum atomic E-state index is 12.3. The van der Waals surface area contributed by atoms with E-state index >= 15 is 0 Å². The summed E-state index contributed by atoms with van der Waals surface area (Å²) in [5.41, 5.74) is 4.18. The number of carbonyl (C=O) groups is 1. The molecule has 0 spiro atoms. The van der Waals surface area contributed by atoms with E-state index < -0.39 is 6.04 Å². The summed E-state index contributed by atoms with van der Waals surface area (Å²) in [5, 5.41) is 15.5. The predicted molar refractivity (Wildman–Crippen MR) is 115 cm³/mol. The Morgan fingerprint density at radius 2 is 2.06 bits per heavy atom. The van der Waals surface area contributed by atoms with Gasteiger partial charge in [0.15, 0.2) is 5.58 Å². The van der Waals surface area contributed by atoms with Gasteiger partial charge in [-0.25, -0.2) is 4.79 Å². The van der Waals surface area contributed by atoms with Crippen LogP contribution in [-0.4, -0.2) is 42.3 Å². The number of hydrogen-bond donors (Lipinski definition) is 2. The van der Waals surface area contributed by atoms with Gasteiger partial charge in [-0.1, -0.05) is 30.3 Å². The second kappa shape index (κ2) is 9.16. The van der Waals surface area contributed by atoms with Crippen molar-refractivity contribution in [2.45, 2.75) is 24.9 Å². The molecule has 1 amide bonds. The molecular weight excluding hydrogens is 396 g/mol. The molecule has 1 aromatic heterocycles. The molecule has 1 unspecified atom stereocenters. The fourth-order valence-corrected chi connectivity index (χ4v) is 3.73. The number of oxazole rings is 1. The zero-order valence-corrected chi connectivity index (χ0v) is 17.3. The molecular formula is C23H24N4O4. The minimum Gasteiger partial charge on any atom is -0.408 e. The van der Waals surface area contributed by atoms with Crippen LogP contribution < -0.4 is 16.4 Å². The lowest BCUT2D eigenvalue weighted by molar-refractivity contribution is -0.122. The van der Waals surface area contributed by atoms with Gasteiger partial charge >= 0.3 is 5.76 Å². The summed E-state index contributed by atoms with van der Waals surface area (Å²) < 4.78 is 12.0. The molecule has 2 N–H and O–H groups in total. The third-order valence-corrected chi connectivity index (χ3v) is 5.44. The smallest absolute Gasteiger partial charge is 0.408 e. The third-order valence-electron chi connectivity index (χ3n) is 5.44. The number of rotatable bonds is 6. The van der Waals surface area contributed by atoms with Crippen LogP contribution in [-0.2, 0) is 23.0 Å². The standard InChI is InChI=1S/C23H24N4O4/c1-27-20-11-17(6-7-21(20)31-23(27)29)16-4-2-15(3-5-16)10-18(13-24)26-22(28)12-19-14-30-9-8-25-19/h2-7,11,18-19,25H,8-10,12,14H2,1H3,(H,26,28)/t18-,19?/m0/s1. The summed E-state index contributed by atoms with van der Waals surface area (Å²) in [6.45, 7) is 1.89. The summed E-state index contributed by atoms with van der Waals surface area (Å²) in [6, 6.07) is 15.0. The Hall–Kier alpha value is -3.41. The molecule has 1 saturated heterocycles. The van der Waals surface area contributed by atoms with Gasteiger partial charge in [-0.15, -0.1) is 0 Å². The number of nitrogens with zero attached hydrogens (tertiary/aromatic N) is 2. The van der Waals surface area contributed by atoms with E-state index in [4.69, 9.17) is 9.15 Å². The number of benzene rings is 2. The summed E-state index contributed by atoms with van der Waals surface area (Å²) in [6.07, 6.45) is 0.711. The van der Waals surface area contributed by atoms with E-state index in [1.807, 2.05) is 36.4 Å². The Labute approximate surface area is 179 Å². The number of fused-ring (bicyclic) bond motifs is 1. The van der Waals surface area contributed by atoms with Crippen molar-refractivity contribution in [3.63, 3.8) is 0 Å². The highest BCUT2D eigenvalue weighted by atomic mass is 16.5. The monoisotopic (exact) mass is 420 g/mol. The SMILES string of the molecule is Cn1c(=O)oc2ccc(-c3ccc(C[C@@H](C#N)NC(=O)CC4COCCN4)cc3)cc21. The molecule has 2 atom stereocenters. The van der Waals surface area contributed by atoms with Crippen LogP contribution in [0.15, 0.2) is 51.7 Å². The van der Waals surface area contributed by atoms with Crippen LogP contribution >= 0.6 is 0 Å². The topological polar surface area (TPSA) is 109 Å². The Morgan fingerprint density at radius 3 is 2.77 bits per heavy atom. The van der Waals surface area contributed by atoms with Crippen LogP contribution in [0.2, 0.25) is 0 Å². The van der Waals surface area contributed by atoms with E-state index in [0.717, 1.165) is 28.8 Å². The van der Waals surface area contributed by atoms with Gasteiger partial charge in [0.2, 0.25) is 5.91 Å². The number of nitriles is 1. The van der Waals surface area contributed by atoms with Gasteiger partial charge in [0.1, 0.15) is 6.04 Å². The van der Waals surface area contributed by atoms with Gasteiger partial charge in [0.25, 0.3) is 0 Å². The highest BCUT2D eigenvalue weighted by molar-refractivity contribution is 5.80. The molecule has 0 bridgehead atoms. The van der Waals surface area contributed by atoms with Gasteiger partial charge in [0, 0.05) is 32.5 Å². The summed E-state index contributed by atoms with van der Waals surface area (Å²) in [5.74, 6) is -0.552. The van der Waals surface area contributed by atoms with Gasteiger partial charge in [-0.3, -0.25) is 9.36 Å². The fraction of sp³-hybridized carbons (Fsp3) is 0.348. The van der Waals surface area contributed by atoms with Gasteiger partial charge < -0.3 is 19.8 Å². The summed E-state index contributed by atoms with van der Waals surface area (Å²) >= 11 is 0. The first-order valence-corrected chi connectivity index (χ1v) is 10.2. The van der Waals surface area contributed by atoms with Crippen LogP contribution in [0.5, 0.6) is 0 Å². The molecule has 2 aromatic carbocycles. The second-order valence-electron chi connectivity index (χ2n) is 7.69. The van der Waals surface area contributed by atoms with Crippen molar-refractivity contribution in [3.05, 3.63) is 58.6 Å². The largest absolute Gasteiger partial charge is 0.419 e. The zero-order valence-electron chi connectivity index (χ0n) is 17.3. The van der Waals surface area contributed by atoms with Crippen molar-refractivity contribution in [1.82, 2.24) is 15.2 Å². The first-order chi connectivity index (χ1) is 15.0. The lowest BCUT2D eigenvalue weighted by Crippen LogP contribution is -2.45. The maximum Gasteiger partial charge on any atom is 0.419 e. The quantitative estimate of drug-likeness (QED) is 0.629. The number of aryl methyl sites for hydroxylation is 1. The number of nitrogens with one attached hydrogen (secondary N) is 2. The molecule has 0 saturated carbocycles. The zero-order chi connectivity index (χ0) is 21.8. The van der Waals surface area contributed by atoms with Gasteiger partial charge in [0.05, 0.1) is 24.8 Å². The summed E-state index contributed by atoms with van der Waals surface area (Å²) in [4.78, 5) is 23.9. The highest BCUT2D eigenvalue weighted by Crippen LogP contribution is 2.24. The molecule has 8 nitrogen and oxygen atoms in total. The van der Waals surface area contributed by atoms with Crippen molar-refractivity contribution < 1.29 is 13.9 Å². The Balaban J connectivity index is 1.40. The van der Waals surface area contributed by atoms with E-state index in [2.05, 4.69) is 16.7 Å². The maximum absolute atomic E-state index is 12.3. The molecule has 1 aliphatic rings. The molecule has 160 valence electrons. The van der Waals surface area contributed by atoms with Gasteiger partial charge in [-0.05, 0) is 28.8 Å². The van der Waals surface area contributed by atoms with E-state index in [1.165, 1.54) is 4.57 Å². The average molecular weight is 420 g/mol. The Bertz CT molecular complexity index is 1170. The van der Waals surface area contributed by atoms with Crippen LogP contribution in [0.4, 0.5) is 0 Å². The number of hydrogen-bond acceptors (Lipinski definition) is 6. The Morgan fingerprint density at radius 1 is 1.29 bits per heavy atom. The molecule has 0 aliphatic carbocycles. The number of amides is 1. The number of morpholine rings is 1. The summed E-state index contributed by atoms with van der Waals surface area (Å²) in [7, 11) is 1.68. The van der Waals surface area contributed by atoms with Gasteiger partial charge in [-0.2, -0.15) is 5.26 Å². The van der Waals surface area contributed by atoms with E-state index in [-0.39, 0.29) is 24.1 Å². The van der Waals surface area contributed by atoms with Crippen molar-refractivity contribution >= 4 is 17.0 Å². The lowest BCUT2D eigenvalue weighted by Gasteiger charge is -2.23. The first-order valence-electron chi connectivity index (χ1n) is 10.2. The van der Waals surface area contributed by atoms with Crippen molar-refractivity contribution in [2.24, 2.45) is 7.05 Å². The minimum absolute atomic E-state index is 0.0144. The van der Waals surface area contributed by atoms with Crippen LogP contribution in [0.1, 0.15) is 12.0 Å². The number of carbonyl (C=O) groups excluding carboxylic acids is 1. The minimum atomic E-state index is -0.598. The highest BCUT2D eigenvalue weighted by Gasteiger charge is 2.19. The molecule has 31 heavy (non-hydrogen) atoms. The van der Waals surface area contributed by atoms with E-state index in [1.54, 1.807) is 13.1 Å². The second-order valence-corrected chi connectivity index (χ2v) is 7.69. The molecule has 1 fully saturated rings. The molecule has 3 aromatic rings.